The highest BCUT2D eigenvalue weighted by atomic mass is 32.1. The molecule has 0 saturated heterocycles. The lowest BCUT2D eigenvalue weighted by Gasteiger charge is -2.02. The van der Waals surface area contributed by atoms with E-state index >= 15 is 0 Å². The Morgan fingerprint density at radius 3 is 2.47 bits per heavy atom. The van der Waals surface area contributed by atoms with Crippen LogP contribution in [0.25, 0.3) is 0 Å². The monoisotopic (exact) mass is 265 g/mol. The molecule has 1 amide bonds. The number of carbonyl (C=O) groups excluding carboxylic acids is 1. The van der Waals surface area contributed by atoms with Gasteiger partial charge in [0.2, 0.25) is 0 Å². The van der Waals surface area contributed by atoms with Crippen LogP contribution in [-0.2, 0) is 6.54 Å². The molecule has 2 aromatic heterocycles. The average Bonchev–Trinajstić information content (AvgIpc) is 2.81. The first kappa shape index (κ1) is 12.3. The molecule has 0 aromatic carbocycles. The van der Waals surface area contributed by atoms with Gasteiger partial charge in [0.25, 0.3) is 5.91 Å². The number of carbonyl (C=O) groups is 1. The Morgan fingerprint density at radius 1 is 1.18 bits per heavy atom. The van der Waals surface area contributed by atoms with Crippen LogP contribution in [0.15, 0.2) is 18.2 Å². The van der Waals surface area contributed by atoms with Gasteiger partial charge in [-0.25, -0.2) is 0 Å². The summed E-state index contributed by atoms with van der Waals surface area (Å²) in [5, 5.41) is 2.96. The summed E-state index contributed by atoms with van der Waals surface area (Å²) in [6.07, 6.45) is 0. The molecule has 2 aromatic rings. The summed E-state index contributed by atoms with van der Waals surface area (Å²) in [5.41, 5.74) is 1.06. The Balaban J connectivity index is 2.00. The Kier molecular flexibility index (Phi) is 3.64. The molecule has 1 N–H and O–H groups in total. The summed E-state index contributed by atoms with van der Waals surface area (Å²) in [5.74, 6) is 0.0339. The molecule has 0 radical (unpaired) electrons. The van der Waals surface area contributed by atoms with Crippen LogP contribution in [0.4, 0.5) is 0 Å². The van der Waals surface area contributed by atoms with Gasteiger partial charge in [-0.2, -0.15) is 0 Å². The van der Waals surface area contributed by atoms with E-state index in [1.807, 2.05) is 13.8 Å². The predicted octanol–water partition coefficient (Wildman–Crippen LogP) is 3.66. The Labute approximate surface area is 109 Å². The van der Waals surface area contributed by atoms with Crippen molar-refractivity contribution in [1.82, 2.24) is 5.32 Å². The third kappa shape index (κ3) is 2.96. The van der Waals surface area contributed by atoms with E-state index in [0.29, 0.717) is 6.54 Å². The highest BCUT2D eigenvalue weighted by Gasteiger charge is 2.11. The van der Waals surface area contributed by atoms with E-state index in [2.05, 4.69) is 30.4 Å². The summed E-state index contributed by atoms with van der Waals surface area (Å²) in [6.45, 7) is 6.70. The molecule has 2 heterocycles. The summed E-state index contributed by atoms with van der Waals surface area (Å²) in [7, 11) is 0. The lowest BCUT2D eigenvalue weighted by atomic mass is 10.2. The van der Waals surface area contributed by atoms with Crippen molar-refractivity contribution in [3.63, 3.8) is 0 Å². The fraction of sp³-hybridized carbons (Fsp3) is 0.308. The van der Waals surface area contributed by atoms with Gasteiger partial charge in [-0.05, 0) is 44.5 Å². The molecule has 0 bridgehead atoms. The number of hydrogen-bond donors (Lipinski definition) is 1. The van der Waals surface area contributed by atoms with Crippen molar-refractivity contribution in [2.75, 3.05) is 0 Å². The first-order valence-electron chi connectivity index (χ1n) is 5.47. The van der Waals surface area contributed by atoms with E-state index in [4.69, 9.17) is 0 Å². The van der Waals surface area contributed by atoms with Crippen molar-refractivity contribution in [1.29, 1.82) is 0 Å². The van der Waals surface area contributed by atoms with Gasteiger partial charge >= 0.3 is 0 Å². The van der Waals surface area contributed by atoms with Crippen LogP contribution in [0.5, 0.6) is 0 Å². The van der Waals surface area contributed by atoms with Gasteiger partial charge < -0.3 is 5.32 Å². The van der Waals surface area contributed by atoms with Gasteiger partial charge in [0.1, 0.15) is 0 Å². The van der Waals surface area contributed by atoms with E-state index < -0.39 is 0 Å². The summed E-state index contributed by atoms with van der Waals surface area (Å²) >= 11 is 3.28. The molecule has 0 unspecified atom stereocenters. The zero-order valence-corrected chi connectivity index (χ0v) is 11.8. The second kappa shape index (κ2) is 5.02. The normalized spacial score (nSPS) is 10.5. The van der Waals surface area contributed by atoms with Crippen LogP contribution in [-0.4, -0.2) is 5.91 Å². The first-order valence-corrected chi connectivity index (χ1v) is 7.10. The molecule has 0 aliphatic rings. The van der Waals surface area contributed by atoms with E-state index in [-0.39, 0.29) is 5.91 Å². The third-order valence-corrected chi connectivity index (χ3v) is 4.62. The standard InChI is InChI=1S/C13H15NOS2/c1-8-6-10(3)17-12(8)13(15)14-7-11-5-4-9(2)16-11/h4-6H,7H2,1-3H3,(H,14,15). The van der Waals surface area contributed by atoms with Crippen molar-refractivity contribution in [2.45, 2.75) is 27.3 Å². The Morgan fingerprint density at radius 2 is 1.94 bits per heavy atom. The number of thiophene rings is 2. The van der Waals surface area contributed by atoms with Crippen molar-refractivity contribution >= 4 is 28.6 Å². The van der Waals surface area contributed by atoms with E-state index in [1.54, 1.807) is 22.7 Å². The second-order valence-corrected chi connectivity index (χ2v) is 6.69. The average molecular weight is 265 g/mol. The third-order valence-electron chi connectivity index (χ3n) is 2.47. The molecular formula is C13H15NOS2. The maximum absolute atomic E-state index is 12.0. The van der Waals surface area contributed by atoms with Gasteiger partial charge in [0.05, 0.1) is 11.4 Å². The summed E-state index contributed by atoms with van der Waals surface area (Å²) in [4.78, 5) is 16.4. The van der Waals surface area contributed by atoms with E-state index in [9.17, 15) is 4.79 Å². The quantitative estimate of drug-likeness (QED) is 0.901. The summed E-state index contributed by atoms with van der Waals surface area (Å²) in [6, 6.07) is 6.19. The van der Waals surface area contributed by atoms with Crippen LogP contribution in [0.2, 0.25) is 0 Å². The molecule has 2 rings (SSSR count). The van der Waals surface area contributed by atoms with Crippen LogP contribution >= 0.6 is 22.7 Å². The molecular weight excluding hydrogens is 250 g/mol. The molecule has 0 spiro atoms. The molecule has 90 valence electrons. The molecule has 2 nitrogen and oxygen atoms in total. The summed E-state index contributed by atoms with van der Waals surface area (Å²) < 4.78 is 0. The first-order chi connectivity index (χ1) is 8.06. The largest absolute Gasteiger partial charge is 0.346 e. The molecule has 0 fully saturated rings. The van der Waals surface area contributed by atoms with Crippen LogP contribution in [0.1, 0.15) is 29.9 Å². The molecule has 0 aliphatic carbocycles. The second-order valence-electron chi connectivity index (χ2n) is 4.06. The van der Waals surface area contributed by atoms with Crippen LogP contribution in [0, 0.1) is 20.8 Å². The Hall–Kier alpha value is -1.13. The lowest BCUT2D eigenvalue weighted by Crippen LogP contribution is -2.21. The fourth-order valence-corrected chi connectivity index (χ4v) is 3.47. The highest BCUT2D eigenvalue weighted by molar-refractivity contribution is 7.14. The van der Waals surface area contributed by atoms with Crippen molar-refractivity contribution in [2.24, 2.45) is 0 Å². The van der Waals surface area contributed by atoms with Crippen LogP contribution < -0.4 is 5.32 Å². The molecule has 0 aliphatic heterocycles. The van der Waals surface area contributed by atoms with Crippen LogP contribution in [0.3, 0.4) is 0 Å². The topological polar surface area (TPSA) is 29.1 Å². The smallest absolute Gasteiger partial charge is 0.261 e. The number of hydrogen-bond acceptors (Lipinski definition) is 3. The molecule has 0 atom stereocenters. The van der Waals surface area contributed by atoms with Gasteiger partial charge in [0.15, 0.2) is 0 Å². The van der Waals surface area contributed by atoms with Gasteiger partial charge in [0, 0.05) is 14.6 Å². The van der Waals surface area contributed by atoms with Crippen molar-refractivity contribution in [3.8, 4) is 0 Å². The minimum Gasteiger partial charge on any atom is -0.346 e. The minimum absolute atomic E-state index is 0.0339. The maximum atomic E-state index is 12.0. The van der Waals surface area contributed by atoms with Gasteiger partial charge in [-0.1, -0.05) is 0 Å². The SMILES string of the molecule is Cc1ccc(CNC(=O)c2sc(C)cc2C)s1. The lowest BCUT2D eigenvalue weighted by molar-refractivity contribution is 0.0955. The predicted molar refractivity (Wildman–Crippen MR) is 74.0 cm³/mol. The van der Waals surface area contributed by atoms with Crippen molar-refractivity contribution in [3.05, 3.63) is 43.3 Å². The fourth-order valence-electron chi connectivity index (χ4n) is 1.69. The number of amides is 1. The number of aryl methyl sites for hydroxylation is 3. The van der Waals surface area contributed by atoms with E-state index in [1.165, 1.54) is 14.6 Å². The van der Waals surface area contributed by atoms with Crippen molar-refractivity contribution < 1.29 is 4.79 Å². The maximum Gasteiger partial charge on any atom is 0.261 e. The Bertz CT molecular complexity index is 539. The molecule has 4 heteroatoms. The van der Waals surface area contributed by atoms with Gasteiger partial charge in [-0.15, -0.1) is 22.7 Å². The molecule has 0 saturated carbocycles. The highest BCUT2D eigenvalue weighted by Crippen LogP contribution is 2.21. The zero-order valence-electron chi connectivity index (χ0n) is 10.2. The molecule has 17 heavy (non-hydrogen) atoms. The zero-order chi connectivity index (χ0) is 12.4. The number of nitrogens with one attached hydrogen (secondary N) is 1. The number of rotatable bonds is 3. The minimum atomic E-state index is 0.0339. The van der Waals surface area contributed by atoms with E-state index in [0.717, 1.165) is 10.4 Å². The van der Waals surface area contributed by atoms with Gasteiger partial charge in [-0.3, -0.25) is 4.79 Å².